The van der Waals surface area contributed by atoms with Gasteiger partial charge in [0.25, 0.3) is 5.91 Å². The number of piperazine rings is 1. The van der Waals surface area contributed by atoms with Crippen molar-refractivity contribution >= 4 is 16.8 Å². The molecule has 1 saturated heterocycles. The molecule has 2 aromatic rings. The molecule has 3 rings (SSSR count). The molecule has 1 aromatic heterocycles. The maximum Gasteiger partial charge on any atom is 0.272 e. The minimum absolute atomic E-state index is 0.0344. The number of aromatic nitrogens is 1. The van der Waals surface area contributed by atoms with Crippen molar-refractivity contribution in [1.82, 2.24) is 15.2 Å². The Morgan fingerprint density at radius 3 is 3.00 bits per heavy atom. The van der Waals surface area contributed by atoms with Gasteiger partial charge in [0.1, 0.15) is 5.69 Å². The van der Waals surface area contributed by atoms with Crippen LogP contribution in [0.5, 0.6) is 0 Å². The van der Waals surface area contributed by atoms with Crippen LogP contribution in [-0.4, -0.2) is 41.5 Å². The number of aryl methyl sites for hydroxylation is 1. The van der Waals surface area contributed by atoms with E-state index in [4.69, 9.17) is 0 Å². The summed E-state index contributed by atoms with van der Waals surface area (Å²) in [6.45, 7) is 6.46. The maximum atomic E-state index is 12.6. The zero-order valence-electron chi connectivity index (χ0n) is 11.9. The molecule has 2 heterocycles. The first kappa shape index (κ1) is 13.1. The van der Waals surface area contributed by atoms with Crippen molar-refractivity contribution in [1.29, 1.82) is 0 Å². The Labute approximate surface area is 118 Å². The molecule has 20 heavy (non-hydrogen) atoms. The predicted molar refractivity (Wildman–Crippen MR) is 79.8 cm³/mol. The second-order valence-corrected chi connectivity index (χ2v) is 5.45. The molecule has 4 heteroatoms. The molecule has 1 atom stereocenters. The van der Waals surface area contributed by atoms with Gasteiger partial charge in [-0.15, -0.1) is 0 Å². The van der Waals surface area contributed by atoms with E-state index in [2.05, 4.69) is 17.2 Å². The van der Waals surface area contributed by atoms with Crippen LogP contribution in [0.25, 0.3) is 10.9 Å². The lowest BCUT2D eigenvalue weighted by molar-refractivity contribution is 0.0703. The molecular weight excluding hydrogens is 250 g/mol. The van der Waals surface area contributed by atoms with Gasteiger partial charge in [-0.2, -0.15) is 0 Å². The van der Waals surface area contributed by atoms with E-state index in [1.165, 1.54) is 0 Å². The molecule has 0 spiro atoms. The summed E-state index contributed by atoms with van der Waals surface area (Å²) in [5.41, 5.74) is 2.54. The lowest BCUT2D eigenvalue weighted by Gasteiger charge is -2.31. The van der Waals surface area contributed by atoms with Crippen molar-refractivity contribution in [3.8, 4) is 0 Å². The summed E-state index contributed by atoms with van der Waals surface area (Å²) in [5, 5.41) is 4.45. The van der Waals surface area contributed by atoms with Crippen LogP contribution in [0.15, 0.2) is 30.3 Å². The Morgan fingerprint density at radius 1 is 1.40 bits per heavy atom. The number of rotatable bonds is 1. The Hall–Kier alpha value is -1.94. The van der Waals surface area contributed by atoms with Crippen molar-refractivity contribution in [3.05, 3.63) is 41.6 Å². The van der Waals surface area contributed by atoms with Crippen LogP contribution < -0.4 is 5.32 Å². The summed E-state index contributed by atoms with van der Waals surface area (Å²) < 4.78 is 0. The Balaban J connectivity index is 1.95. The Morgan fingerprint density at radius 2 is 2.20 bits per heavy atom. The van der Waals surface area contributed by atoms with E-state index in [0.717, 1.165) is 36.1 Å². The monoisotopic (exact) mass is 269 g/mol. The molecule has 1 unspecified atom stereocenters. The molecule has 0 saturated carbocycles. The fourth-order valence-corrected chi connectivity index (χ4v) is 2.74. The van der Waals surface area contributed by atoms with Gasteiger partial charge in [0.2, 0.25) is 0 Å². The third-order valence-corrected chi connectivity index (χ3v) is 3.80. The second kappa shape index (κ2) is 5.21. The summed E-state index contributed by atoms with van der Waals surface area (Å²) in [6, 6.07) is 10.2. The highest BCUT2D eigenvalue weighted by atomic mass is 16.2. The number of hydrogen-bond donors (Lipinski definition) is 1. The molecule has 0 aliphatic carbocycles. The summed E-state index contributed by atoms with van der Waals surface area (Å²) in [6.07, 6.45) is 0. The van der Waals surface area contributed by atoms with Crippen molar-refractivity contribution in [3.63, 3.8) is 0 Å². The number of hydrogen-bond acceptors (Lipinski definition) is 3. The average molecular weight is 269 g/mol. The number of fused-ring (bicyclic) bond motifs is 1. The number of nitrogens with zero attached hydrogens (tertiary/aromatic N) is 2. The van der Waals surface area contributed by atoms with Gasteiger partial charge in [-0.1, -0.05) is 18.2 Å². The molecule has 0 radical (unpaired) electrons. The number of amides is 1. The maximum absolute atomic E-state index is 12.6. The molecule has 104 valence electrons. The van der Waals surface area contributed by atoms with Crippen LogP contribution in [0.3, 0.4) is 0 Å². The van der Waals surface area contributed by atoms with Crippen molar-refractivity contribution in [2.24, 2.45) is 0 Å². The van der Waals surface area contributed by atoms with Gasteiger partial charge in [-0.05, 0) is 31.5 Å². The normalized spacial score (nSPS) is 19.3. The van der Waals surface area contributed by atoms with Crippen LogP contribution >= 0.6 is 0 Å². The molecule has 0 bridgehead atoms. The van der Waals surface area contributed by atoms with E-state index in [9.17, 15) is 4.79 Å². The lowest BCUT2D eigenvalue weighted by atomic mass is 10.1. The van der Waals surface area contributed by atoms with Gasteiger partial charge >= 0.3 is 0 Å². The molecule has 1 aliphatic heterocycles. The highest BCUT2D eigenvalue weighted by Gasteiger charge is 2.23. The van der Waals surface area contributed by atoms with Crippen molar-refractivity contribution < 1.29 is 4.79 Å². The molecule has 1 amide bonds. The number of benzene rings is 1. The topological polar surface area (TPSA) is 45.2 Å². The molecule has 1 fully saturated rings. The highest BCUT2D eigenvalue weighted by Crippen LogP contribution is 2.18. The summed E-state index contributed by atoms with van der Waals surface area (Å²) in [4.78, 5) is 19.0. The van der Waals surface area contributed by atoms with E-state index in [1.807, 2.05) is 42.2 Å². The van der Waals surface area contributed by atoms with Crippen LogP contribution in [-0.2, 0) is 0 Å². The highest BCUT2D eigenvalue weighted by molar-refractivity contribution is 5.96. The van der Waals surface area contributed by atoms with Gasteiger partial charge in [0, 0.05) is 31.1 Å². The van der Waals surface area contributed by atoms with Gasteiger partial charge in [-0.3, -0.25) is 4.79 Å². The van der Waals surface area contributed by atoms with Crippen LogP contribution in [0, 0.1) is 6.92 Å². The van der Waals surface area contributed by atoms with Gasteiger partial charge in [0.15, 0.2) is 0 Å². The van der Waals surface area contributed by atoms with E-state index in [1.54, 1.807) is 0 Å². The zero-order valence-corrected chi connectivity index (χ0v) is 11.9. The average Bonchev–Trinajstić information content (AvgIpc) is 2.46. The number of para-hydroxylation sites is 1. The largest absolute Gasteiger partial charge is 0.334 e. The molecule has 4 nitrogen and oxygen atoms in total. The predicted octanol–water partition coefficient (Wildman–Crippen LogP) is 1.98. The van der Waals surface area contributed by atoms with Crippen LogP contribution in [0.1, 0.15) is 23.0 Å². The van der Waals surface area contributed by atoms with E-state index in [-0.39, 0.29) is 5.91 Å². The molecule has 1 aliphatic rings. The van der Waals surface area contributed by atoms with Gasteiger partial charge < -0.3 is 10.2 Å². The minimum atomic E-state index is 0.0344. The molecule has 1 N–H and O–H groups in total. The Kier molecular flexibility index (Phi) is 3.40. The van der Waals surface area contributed by atoms with Crippen molar-refractivity contribution in [2.75, 3.05) is 19.6 Å². The summed E-state index contributed by atoms with van der Waals surface area (Å²) in [7, 11) is 0. The first-order chi connectivity index (χ1) is 9.65. The fourth-order valence-electron chi connectivity index (χ4n) is 2.74. The van der Waals surface area contributed by atoms with E-state index >= 15 is 0 Å². The smallest absolute Gasteiger partial charge is 0.272 e. The third kappa shape index (κ3) is 2.39. The second-order valence-electron chi connectivity index (χ2n) is 5.45. The zero-order chi connectivity index (χ0) is 14.1. The fraction of sp³-hybridized carbons (Fsp3) is 0.375. The third-order valence-electron chi connectivity index (χ3n) is 3.80. The number of pyridine rings is 1. The summed E-state index contributed by atoms with van der Waals surface area (Å²) >= 11 is 0. The van der Waals surface area contributed by atoms with E-state index in [0.29, 0.717) is 11.7 Å². The molecular formula is C16H19N3O. The minimum Gasteiger partial charge on any atom is -0.334 e. The lowest BCUT2D eigenvalue weighted by Crippen LogP contribution is -2.51. The van der Waals surface area contributed by atoms with Gasteiger partial charge in [0.05, 0.1) is 5.52 Å². The number of carbonyl (C=O) groups excluding carboxylic acids is 1. The summed E-state index contributed by atoms with van der Waals surface area (Å²) in [5.74, 6) is 0.0344. The van der Waals surface area contributed by atoms with Crippen molar-refractivity contribution in [2.45, 2.75) is 19.9 Å². The first-order valence-electron chi connectivity index (χ1n) is 7.04. The number of nitrogens with one attached hydrogen (secondary N) is 1. The van der Waals surface area contributed by atoms with Crippen LogP contribution in [0.4, 0.5) is 0 Å². The quantitative estimate of drug-likeness (QED) is 0.861. The van der Waals surface area contributed by atoms with Gasteiger partial charge in [-0.25, -0.2) is 4.98 Å². The molecule has 1 aromatic carbocycles. The number of carbonyl (C=O) groups is 1. The van der Waals surface area contributed by atoms with E-state index < -0.39 is 0 Å². The van der Waals surface area contributed by atoms with Crippen LogP contribution in [0.2, 0.25) is 0 Å². The standard InChI is InChI=1S/C16H19N3O/c1-11-9-15(18-14-6-4-3-5-13(11)14)16(20)19-8-7-17-12(2)10-19/h3-6,9,12,17H,7-8,10H2,1-2H3. The SMILES string of the molecule is Cc1cc(C(=O)N2CCNC(C)C2)nc2ccccc12. The first-order valence-corrected chi connectivity index (χ1v) is 7.04. The Bertz CT molecular complexity index is 653.